The molecule has 0 aliphatic heterocycles. The van der Waals surface area contributed by atoms with Crippen LogP contribution >= 0.6 is 11.3 Å². The summed E-state index contributed by atoms with van der Waals surface area (Å²) in [7, 11) is 0. The third-order valence-corrected chi connectivity index (χ3v) is 4.86. The fraction of sp³-hybridized carbons (Fsp3) is 0.158. The van der Waals surface area contributed by atoms with Crippen molar-refractivity contribution in [3.8, 4) is 11.3 Å². The Balaban J connectivity index is 1.91. The van der Waals surface area contributed by atoms with Crippen molar-refractivity contribution in [1.82, 2.24) is 19.9 Å². The van der Waals surface area contributed by atoms with E-state index in [1.165, 1.54) is 0 Å². The first kappa shape index (κ1) is 15.7. The smallest absolute Gasteiger partial charge is 0.188 e. The highest BCUT2D eigenvalue weighted by atomic mass is 32.1. The van der Waals surface area contributed by atoms with Gasteiger partial charge in [0.1, 0.15) is 5.52 Å². The maximum atomic E-state index is 4.72. The van der Waals surface area contributed by atoms with E-state index in [2.05, 4.69) is 39.3 Å². The molecule has 0 unspecified atom stereocenters. The summed E-state index contributed by atoms with van der Waals surface area (Å²) in [5.41, 5.74) is 5.80. The normalized spacial score (nSPS) is 11.0. The highest BCUT2D eigenvalue weighted by molar-refractivity contribution is 7.13. The van der Waals surface area contributed by atoms with E-state index in [0.29, 0.717) is 5.82 Å². The van der Waals surface area contributed by atoms with Gasteiger partial charge in [0.25, 0.3) is 0 Å². The van der Waals surface area contributed by atoms with Gasteiger partial charge in [-0.3, -0.25) is 4.98 Å². The number of thiazole rings is 1. The van der Waals surface area contributed by atoms with Gasteiger partial charge in [-0.25, -0.2) is 15.0 Å². The highest BCUT2D eigenvalue weighted by Crippen LogP contribution is 2.32. The van der Waals surface area contributed by atoms with Crippen LogP contribution in [0.3, 0.4) is 0 Å². The van der Waals surface area contributed by atoms with Crippen LogP contribution < -0.4 is 5.32 Å². The molecule has 0 aliphatic rings. The average Bonchev–Trinajstić information content (AvgIpc) is 3.01. The molecule has 0 amide bonds. The Hall–Kier alpha value is -2.86. The second-order valence-electron chi connectivity index (χ2n) is 5.96. The van der Waals surface area contributed by atoms with Crippen LogP contribution in [0.5, 0.6) is 0 Å². The molecule has 4 heterocycles. The van der Waals surface area contributed by atoms with E-state index in [-0.39, 0.29) is 0 Å². The highest BCUT2D eigenvalue weighted by Gasteiger charge is 2.14. The van der Waals surface area contributed by atoms with Gasteiger partial charge in [0.05, 0.1) is 11.4 Å². The summed E-state index contributed by atoms with van der Waals surface area (Å²) >= 11 is 1.56. The van der Waals surface area contributed by atoms with Crippen LogP contribution in [-0.4, -0.2) is 19.9 Å². The van der Waals surface area contributed by atoms with Crippen molar-refractivity contribution in [2.24, 2.45) is 0 Å². The van der Waals surface area contributed by atoms with Crippen molar-refractivity contribution >= 4 is 33.2 Å². The molecule has 1 N–H and O–H groups in total. The van der Waals surface area contributed by atoms with Crippen LogP contribution in [-0.2, 0) is 0 Å². The summed E-state index contributed by atoms with van der Waals surface area (Å²) < 4.78 is 0. The molecular formula is C19H17N5S. The van der Waals surface area contributed by atoms with Gasteiger partial charge >= 0.3 is 0 Å². The minimum absolute atomic E-state index is 0.713. The van der Waals surface area contributed by atoms with Gasteiger partial charge in [-0.15, -0.1) is 11.3 Å². The van der Waals surface area contributed by atoms with Crippen LogP contribution in [0.1, 0.15) is 17.0 Å². The zero-order valence-electron chi connectivity index (χ0n) is 14.2. The number of pyridine rings is 3. The van der Waals surface area contributed by atoms with Gasteiger partial charge in [-0.05, 0) is 38.5 Å². The first-order valence-corrected chi connectivity index (χ1v) is 8.87. The van der Waals surface area contributed by atoms with E-state index >= 15 is 0 Å². The van der Waals surface area contributed by atoms with E-state index in [4.69, 9.17) is 4.98 Å². The van der Waals surface area contributed by atoms with Gasteiger partial charge < -0.3 is 5.32 Å². The van der Waals surface area contributed by atoms with Gasteiger partial charge in [0.15, 0.2) is 10.9 Å². The van der Waals surface area contributed by atoms with Crippen molar-refractivity contribution in [2.45, 2.75) is 20.8 Å². The lowest BCUT2D eigenvalue weighted by molar-refractivity contribution is 1.20. The van der Waals surface area contributed by atoms with Crippen LogP contribution in [0.2, 0.25) is 0 Å². The molecule has 0 aromatic carbocycles. The van der Waals surface area contributed by atoms with Gasteiger partial charge in [0, 0.05) is 34.4 Å². The van der Waals surface area contributed by atoms with Crippen LogP contribution in [0, 0.1) is 20.8 Å². The van der Waals surface area contributed by atoms with Gasteiger partial charge in [-0.2, -0.15) is 0 Å². The first-order chi connectivity index (χ1) is 12.1. The zero-order chi connectivity index (χ0) is 17.4. The summed E-state index contributed by atoms with van der Waals surface area (Å²) in [5.74, 6) is 0.713. The lowest BCUT2D eigenvalue weighted by Crippen LogP contribution is -1.99. The number of fused-ring (bicyclic) bond motifs is 1. The topological polar surface area (TPSA) is 63.6 Å². The average molecular weight is 347 g/mol. The SMILES string of the molecule is Cc1csc(Nc2ncc(-c3ncccc3C)c3ccc(C)nc23)n1. The van der Waals surface area contributed by atoms with Crippen molar-refractivity contribution in [3.63, 3.8) is 0 Å². The monoisotopic (exact) mass is 347 g/mol. The molecule has 6 heteroatoms. The minimum atomic E-state index is 0.713. The molecule has 0 fully saturated rings. The molecule has 0 spiro atoms. The van der Waals surface area contributed by atoms with Gasteiger partial charge in [0.2, 0.25) is 0 Å². The molecule has 0 saturated carbocycles. The molecule has 0 bridgehead atoms. The van der Waals surface area contributed by atoms with E-state index in [1.54, 1.807) is 17.5 Å². The fourth-order valence-electron chi connectivity index (χ4n) is 2.77. The Bertz CT molecular complexity index is 1070. The number of aromatic nitrogens is 4. The number of nitrogens with one attached hydrogen (secondary N) is 1. The van der Waals surface area contributed by atoms with Crippen molar-refractivity contribution in [1.29, 1.82) is 0 Å². The van der Waals surface area contributed by atoms with E-state index in [0.717, 1.165) is 44.2 Å². The third kappa shape index (κ3) is 2.96. The maximum absolute atomic E-state index is 4.72. The molecule has 4 aromatic heterocycles. The third-order valence-electron chi connectivity index (χ3n) is 3.98. The van der Waals surface area contributed by atoms with Gasteiger partial charge in [-0.1, -0.05) is 12.1 Å². The molecule has 25 heavy (non-hydrogen) atoms. The first-order valence-electron chi connectivity index (χ1n) is 7.99. The Morgan fingerprint density at radius 1 is 0.960 bits per heavy atom. The summed E-state index contributed by atoms with van der Waals surface area (Å²) in [6.07, 6.45) is 3.66. The number of rotatable bonds is 3. The van der Waals surface area contributed by atoms with Crippen LogP contribution in [0.25, 0.3) is 22.2 Å². The molecular weight excluding hydrogens is 330 g/mol. The second-order valence-corrected chi connectivity index (χ2v) is 6.82. The summed E-state index contributed by atoms with van der Waals surface area (Å²) in [4.78, 5) is 18.3. The predicted octanol–water partition coefficient (Wildman–Crippen LogP) is 4.82. The summed E-state index contributed by atoms with van der Waals surface area (Å²) in [5, 5.41) is 7.15. The van der Waals surface area contributed by atoms with E-state index in [9.17, 15) is 0 Å². The number of hydrogen-bond acceptors (Lipinski definition) is 6. The summed E-state index contributed by atoms with van der Waals surface area (Å²) in [6.45, 7) is 6.01. The Morgan fingerprint density at radius 3 is 2.60 bits per heavy atom. The maximum Gasteiger partial charge on any atom is 0.188 e. The van der Waals surface area contributed by atoms with Crippen molar-refractivity contribution in [2.75, 3.05) is 5.32 Å². The Labute approximate surface area is 149 Å². The van der Waals surface area contributed by atoms with Crippen LogP contribution in [0.4, 0.5) is 10.9 Å². The molecule has 0 aliphatic carbocycles. The standard InChI is InChI=1S/C19H17N5S/c1-11-5-4-8-20-16(11)15-9-21-18(24-19-23-13(3)10-25-19)17-14(15)7-6-12(2)22-17/h4-10H,1-3H3,(H,21,23,24). The number of anilines is 2. The van der Waals surface area contributed by atoms with Crippen molar-refractivity contribution < 1.29 is 0 Å². The molecule has 5 nitrogen and oxygen atoms in total. The molecule has 0 saturated heterocycles. The lowest BCUT2D eigenvalue weighted by atomic mass is 10.0. The summed E-state index contributed by atoms with van der Waals surface area (Å²) in [6, 6.07) is 8.10. The van der Waals surface area contributed by atoms with Crippen molar-refractivity contribution in [3.05, 3.63) is 59.0 Å². The van der Waals surface area contributed by atoms with E-state index in [1.807, 2.05) is 37.6 Å². The quantitative estimate of drug-likeness (QED) is 0.576. The Kier molecular flexibility index (Phi) is 3.89. The lowest BCUT2D eigenvalue weighted by Gasteiger charge is -2.12. The molecule has 4 rings (SSSR count). The molecule has 4 aromatic rings. The van der Waals surface area contributed by atoms with E-state index < -0.39 is 0 Å². The zero-order valence-corrected chi connectivity index (χ0v) is 15.1. The number of hydrogen-bond donors (Lipinski definition) is 1. The molecule has 124 valence electrons. The second kappa shape index (κ2) is 6.22. The number of aryl methyl sites for hydroxylation is 3. The predicted molar refractivity (Wildman–Crippen MR) is 102 cm³/mol. The molecule has 0 atom stereocenters. The minimum Gasteiger partial charge on any atom is -0.314 e. The van der Waals surface area contributed by atoms with Crippen LogP contribution in [0.15, 0.2) is 42.0 Å². The largest absolute Gasteiger partial charge is 0.314 e. The number of nitrogens with zero attached hydrogens (tertiary/aromatic N) is 4. The Morgan fingerprint density at radius 2 is 1.84 bits per heavy atom. The molecule has 0 radical (unpaired) electrons. The fourth-order valence-corrected chi connectivity index (χ4v) is 3.46.